The Bertz CT molecular complexity index is 774. The number of halogens is 1. The second-order valence-corrected chi connectivity index (χ2v) is 11.2. The summed E-state index contributed by atoms with van der Waals surface area (Å²) in [5.41, 5.74) is 1.67. The first-order valence-electron chi connectivity index (χ1n) is 9.74. The molecule has 1 unspecified atom stereocenters. The van der Waals surface area contributed by atoms with Crippen molar-refractivity contribution in [2.24, 2.45) is 5.92 Å². The predicted molar refractivity (Wildman–Crippen MR) is 110 cm³/mol. The first kappa shape index (κ1) is 20.9. The number of aromatic nitrogens is 2. The molecule has 1 aromatic heterocycles. The number of nitrogens with one attached hydrogen (secondary N) is 1. The molecule has 1 aliphatic heterocycles. The van der Waals surface area contributed by atoms with Crippen LogP contribution in [0.3, 0.4) is 0 Å². The van der Waals surface area contributed by atoms with Crippen LogP contribution in [0.1, 0.15) is 32.8 Å². The van der Waals surface area contributed by atoms with Gasteiger partial charge in [0.15, 0.2) is 0 Å². The largest absolute Gasteiger partial charge is 0.463 e. The van der Waals surface area contributed by atoms with Gasteiger partial charge in [-0.15, -0.1) is 0 Å². The third kappa shape index (κ3) is 5.37. The molecule has 1 aliphatic rings. The Morgan fingerprint density at radius 1 is 1.25 bits per heavy atom. The highest BCUT2D eigenvalue weighted by Crippen LogP contribution is 2.29. The maximum atomic E-state index is 15.0. The average Bonchev–Trinajstić information content (AvgIpc) is 3.19. The van der Waals surface area contributed by atoms with E-state index in [9.17, 15) is 4.39 Å². The first-order valence-corrected chi connectivity index (χ1v) is 11.7. The first-order chi connectivity index (χ1) is 13.3. The van der Waals surface area contributed by atoms with Gasteiger partial charge in [0.05, 0.1) is 13.2 Å². The van der Waals surface area contributed by atoms with E-state index in [0.29, 0.717) is 35.2 Å². The monoisotopic (exact) mass is 402 g/mol. The van der Waals surface area contributed by atoms with E-state index in [-0.39, 0.29) is 17.5 Å². The standard InChI is InChI=1S/C21H29FN3O2Si/c1-21(2,3)28(4)27-14-16-6-5-7-18(19(16)22)17-11-24-20(25-12-17)26-13-15-8-9-23-10-15/h5-7,11-12,15,23H,8-10,13-14H2,1-4H3. The van der Waals surface area contributed by atoms with E-state index in [0.717, 1.165) is 19.5 Å². The molecule has 0 amide bonds. The molecule has 0 saturated carbocycles. The quantitative estimate of drug-likeness (QED) is 0.703. The van der Waals surface area contributed by atoms with E-state index >= 15 is 0 Å². The van der Waals surface area contributed by atoms with Crippen LogP contribution in [0.5, 0.6) is 6.01 Å². The smallest absolute Gasteiger partial charge is 0.316 e. The molecule has 151 valence electrons. The highest BCUT2D eigenvalue weighted by molar-refractivity contribution is 6.53. The number of rotatable bonds is 7. The number of ether oxygens (including phenoxy) is 1. The summed E-state index contributed by atoms with van der Waals surface area (Å²) in [6.45, 7) is 11.4. The number of nitrogens with zero attached hydrogens (tertiary/aromatic N) is 2. The normalized spacial score (nSPS) is 17.3. The fraction of sp³-hybridized carbons (Fsp3) is 0.524. The summed E-state index contributed by atoms with van der Waals surface area (Å²) in [6, 6.07) is 5.68. The summed E-state index contributed by atoms with van der Waals surface area (Å²) >= 11 is 0. The van der Waals surface area contributed by atoms with E-state index in [1.54, 1.807) is 24.5 Å². The zero-order valence-electron chi connectivity index (χ0n) is 17.1. The van der Waals surface area contributed by atoms with Crippen LogP contribution in [-0.4, -0.2) is 38.7 Å². The predicted octanol–water partition coefficient (Wildman–Crippen LogP) is 4.21. The molecule has 1 aromatic carbocycles. The summed E-state index contributed by atoms with van der Waals surface area (Å²) in [4.78, 5) is 8.49. The Morgan fingerprint density at radius 2 is 2.00 bits per heavy atom. The van der Waals surface area contributed by atoms with Crippen LogP contribution >= 0.6 is 0 Å². The Balaban J connectivity index is 1.66. The average molecular weight is 403 g/mol. The number of hydrogen-bond acceptors (Lipinski definition) is 5. The van der Waals surface area contributed by atoms with Crippen molar-refractivity contribution in [3.05, 3.63) is 42.0 Å². The second kappa shape index (κ2) is 9.11. The molecular formula is C21H29FN3O2Si. The highest BCUT2D eigenvalue weighted by atomic mass is 28.3. The number of benzene rings is 1. The topological polar surface area (TPSA) is 56.3 Å². The molecule has 0 aliphatic carbocycles. The van der Waals surface area contributed by atoms with Crippen molar-refractivity contribution in [2.75, 3.05) is 19.7 Å². The van der Waals surface area contributed by atoms with Gasteiger partial charge in [-0.3, -0.25) is 0 Å². The van der Waals surface area contributed by atoms with Crippen molar-refractivity contribution < 1.29 is 13.6 Å². The second-order valence-electron chi connectivity index (χ2n) is 8.30. The molecule has 2 heterocycles. The molecule has 1 saturated heterocycles. The Kier molecular flexibility index (Phi) is 6.80. The van der Waals surface area contributed by atoms with E-state index in [1.165, 1.54) is 0 Å². The van der Waals surface area contributed by atoms with Crippen molar-refractivity contribution in [3.8, 4) is 17.1 Å². The lowest BCUT2D eigenvalue weighted by molar-refractivity contribution is 0.241. The van der Waals surface area contributed by atoms with Crippen molar-refractivity contribution in [2.45, 2.75) is 45.4 Å². The fourth-order valence-corrected chi connectivity index (χ4v) is 3.70. The van der Waals surface area contributed by atoms with Gasteiger partial charge >= 0.3 is 6.01 Å². The molecule has 0 bridgehead atoms. The Morgan fingerprint density at radius 3 is 2.64 bits per heavy atom. The minimum absolute atomic E-state index is 0.108. The Hall–Kier alpha value is -1.83. The molecule has 1 radical (unpaired) electrons. The van der Waals surface area contributed by atoms with E-state index in [4.69, 9.17) is 9.16 Å². The molecule has 0 spiro atoms. The van der Waals surface area contributed by atoms with E-state index in [2.05, 4.69) is 42.6 Å². The zero-order chi connectivity index (χ0) is 20.1. The molecule has 1 atom stereocenters. The molecular weight excluding hydrogens is 373 g/mol. The van der Waals surface area contributed by atoms with Gasteiger partial charge in [-0.2, -0.15) is 0 Å². The van der Waals surface area contributed by atoms with Gasteiger partial charge in [-0.1, -0.05) is 39.0 Å². The summed E-state index contributed by atoms with van der Waals surface area (Å²) in [5.74, 6) is 0.219. The maximum absolute atomic E-state index is 15.0. The lowest BCUT2D eigenvalue weighted by Gasteiger charge is -2.24. The van der Waals surface area contributed by atoms with Crippen LogP contribution in [0.25, 0.3) is 11.1 Å². The maximum Gasteiger partial charge on any atom is 0.316 e. The summed E-state index contributed by atoms with van der Waals surface area (Å²) < 4.78 is 26.6. The van der Waals surface area contributed by atoms with Gasteiger partial charge in [0, 0.05) is 41.5 Å². The summed E-state index contributed by atoms with van der Waals surface area (Å²) in [5, 5.41) is 3.41. The Labute approximate surface area is 168 Å². The number of hydrogen-bond donors (Lipinski definition) is 1. The van der Waals surface area contributed by atoms with Gasteiger partial charge in [0.1, 0.15) is 5.82 Å². The fourth-order valence-electron chi connectivity index (χ4n) is 2.90. The molecule has 5 nitrogen and oxygen atoms in total. The lowest BCUT2D eigenvalue weighted by atomic mass is 10.1. The van der Waals surface area contributed by atoms with Gasteiger partial charge < -0.3 is 14.5 Å². The van der Waals surface area contributed by atoms with Crippen LogP contribution < -0.4 is 10.1 Å². The molecule has 7 heteroatoms. The van der Waals surface area contributed by atoms with Gasteiger partial charge in [0.2, 0.25) is 9.04 Å². The van der Waals surface area contributed by atoms with Gasteiger partial charge in [-0.05, 0) is 24.6 Å². The lowest BCUT2D eigenvalue weighted by Crippen LogP contribution is -2.25. The summed E-state index contributed by atoms with van der Waals surface area (Å²) in [6.07, 6.45) is 4.33. The minimum atomic E-state index is -1.03. The SMILES string of the molecule is C[Si](OCc1cccc(-c2cnc(OCC3CCNC3)nc2)c1F)C(C)(C)C. The van der Waals surface area contributed by atoms with Crippen LogP contribution in [0.2, 0.25) is 11.6 Å². The van der Waals surface area contributed by atoms with Crippen molar-refractivity contribution in [3.63, 3.8) is 0 Å². The molecule has 28 heavy (non-hydrogen) atoms. The van der Waals surface area contributed by atoms with E-state index in [1.807, 2.05) is 6.07 Å². The van der Waals surface area contributed by atoms with Crippen LogP contribution in [0.4, 0.5) is 4.39 Å². The van der Waals surface area contributed by atoms with Crippen molar-refractivity contribution in [1.29, 1.82) is 0 Å². The van der Waals surface area contributed by atoms with Crippen LogP contribution in [-0.2, 0) is 11.0 Å². The summed E-state index contributed by atoms with van der Waals surface area (Å²) in [7, 11) is -1.03. The van der Waals surface area contributed by atoms with Crippen LogP contribution in [0.15, 0.2) is 30.6 Å². The van der Waals surface area contributed by atoms with Crippen molar-refractivity contribution >= 4 is 9.04 Å². The minimum Gasteiger partial charge on any atom is -0.463 e. The molecule has 2 aromatic rings. The molecule has 1 fully saturated rings. The third-order valence-electron chi connectivity index (χ3n) is 5.13. The molecule has 3 rings (SSSR count). The van der Waals surface area contributed by atoms with Crippen molar-refractivity contribution in [1.82, 2.24) is 15.3 Å². The van der Waals surface area contributed by atoms with Gasteiger partial charge in [-0.25, -0.2) is 14.4 Å². The molecule has 1 N–H and O–H groups in total. The van der Waals surface area contributed by atoms with E-state index < -0.39 is 9.04 Å². The van der Waals surface area contributed by atoms with Gasteiger partial charge in [0.25, 0.3) is 0 Å². The zero-order valence-corrected chi connectivity index (χ0v) is 18.1. The van der Waals surface area contributed by atoms with Crippen LogP contribution in [0, 0.1) is 11.7 Å². The third-order valence-corrected chi connectivity index (χ3v) is 7.82. The highest BCUT2D eigenvalue weighted by Gasteiger charge is 2.24.